The van der Waals surface area contributed by atoms with Crippen molar-refractivity contribution in [2.24, 2.45) is 7.05 Å². The van der Waals surface area contributed by atoms with Gasteiger partial charge in [-0.25, -0.2) is 4.79 Å². The van der Waals surface area contributed by atoms with Crippen LogP contribution in [0.4, 0.5) is 11.6 Å². The van der Waals surface area contributed by atoms with Crippen LogP contribution in [0.25, 0.3) is 11.2 Å². The van der Waals surface area contributed by atoms with Gasteiger partial charge in [0.25, 0.3) is 5.56 Å². The maximum absolute atomic E-state index is 13.5. The van der Waals surface area contributed by atoms with Gasteiger partial charge in [-0.2, -0.15) is 4.98 Å². The van der Waals surface area contributed by atoms with Crippen molar-refractivity contribution in [1.82, 2.24) is 18.7 Å². The quantitative estimate of drug-likeness (QED) is 0.494. The number of anilines is 2. The highest BCUT2D eigenvalue weighted by molar-refractivity contribution is 6.31. The molecule has 4 aromatic rings. The Morgan fingerprint density at radius 3 is 2.55 bits per heavy atom. The first-order chi connectivity index (χ1) is 15.0. The number of hydrogen-bond donors (Lipinski definition) is 0. The van der Waals surface area contributed by atoms with Gasteiger partial charge in [0.2, 0.25) is 5.95 Å². The van der Waals surface area contributed by atoms with Crippen molar-refractivity contribution in [3.05, 3.63) is 85.5 Å². The number of benzene rings is 2. The number of imidazole rings is 1. The summed E-state index contributed by atoms with van der Waals surface area (Å²) in [7, 11) is 1.66. The molecule has 0 saturated heterocycles. The van der Waals surface area contributed by atoms with Crippen molar-refractivity contribution in [1.29, 1.82) is 0 Å². The van der Waals surface area contributed by atoms with E-state index in [1.54, 1.807) is 13.1 Å². The third-order valence-corrected chi connectivity index (χ3v) is 6.28. The van der Waals surface area contributed by atoms with Gasteiger partial charge in [-0.15, -0.1) is 0 Å². The lowest BCUT2D eigenvalue weighted by Crippen LogP contribution is -2.40. The highest BCUT2D eigenvalue weighted by Crippen LogP contribution is 2.32. The van der Waals surface area contributed by atoms with Crippen LogP contribution in [0.1, 0.15) is 17.5 Å². The van der Waals surface area contributed by atoms with Gasteiger partial charge >= 0.3 is 5.69 Å². The van der Waals surface area contributed by atoms with Gasteiger partial charge in [-0.1, -0.05) is 48.0 Å². The van der Waals surface area contributed by atoms with Crippen LogP contribution in [-0.4, -0.2) is 25.2 Å². The summed E-state index contributed by atoms with van der Waals surface area (Å²) in [5.41, 5.74) is 3.01. The van der Waals surface area contributed by atoms with E-state index in [1.807, 2.05) is 34.9 Å². The van der Waals surface area contributed by atoms with Crippen molar-refractivity contribution in [2.45, 2.75) is 26.4 Å². The highest BCUT2D eigenvalue weighted by Gasteiger charge is 2.27. The highest BCUT2D eigenvalue weighted by atomic mass is 35.5. The number of para-hydroxylation sites is 1. The molecule has 0 amide bonds. The van der Waals surface area contributed by atoms with Gasteiger partial charge in [0, 0.05) is 30.8 Å². The second-order valence-electron chi connectivity index (χ2n) is 7.85. The number of hydrogen-bond acceptors (Lipinski definition) is 4. The van der Waals surface area contributed by atoms with E-state index in [0.29, 0.717) is 28.7 Å². The summed E-state index contributed by atoms with van der Waals surface area (Å²) in [6, 6.07) is 15.4. The van der Waals surface area contributed by atoms with Crippen molar-refractivity contribution in [3.8, 4) is 0 Å². The second kappa shape index (κ2) is 7.42. The predicted octanol–water partition coefficient (Wildman–Crippen LogP) is 3.45. The standard InChI is InChI=1S/C23H22ClN5O2/c1-15-8-3-6-11-18(15)27-12-7-13-28-19-20(25-22(27)28)26(2)23(31)29(21(19)30)14-16-9-4-5-10-17(16)24/h3-6,8-11H,7,12-14H2,1-2H3. The van der Waals surface area contributed by atoms with E-state index in [0.717, 1.165) is 29.8 Å². The van der Waals surface area contributed by atoms with Crippen LogP contribution < -0.4 is 16.1 Å². The number of halogens is 1. The van der Waals surface area contributed by atoms with Gasteiger partial charge in [-0.3, -0.25) is 13.9 Å². The normalized spacial score (nSPS) is 13.6. The first kappa shape index (κ1) is 19.6. The van der Waals surface area contributed by atoms with Crippen LogP contribution in [0.15, 0.2) is 58.1 Å². The molecule has 31 heavy (non-hydrogen) atoms. The Kier molecular flexibility index (Phi) is 4.70. The number of rotatable bonds is 3. The van der Waals surface area contributed by atoms with E-state index in [2.05, 4.69) is 24.0 Å². The molecule has 3 heterocycles. The van der Waals surface area contributed by atoms with E-state index in [9.17, 15) is 9.59 Å². The van der Waals surface area contributed by atoms with Crippen LogP contribution in [0.2, 0.25) is 5.02 Å². The molecule has 0 N–H and O–H groups in total. The maximum Gasteiger partial charge on any atom is 0.332 e. The van der Waals surface area contributed by atoms with E-state index < -0.39 is 5.69 Å². The Labute approximate surface area is 183 Å². The Balaban J connectivity index is 1.73. The van der Waals surface area contributed by atoms with E-state index in [1.165, 1.54) is 9.13 Å². The molecule has 0 bridgehead atoms. The molecule has 5 rings (SSSR count). The van der Waals surface area contributed by atoms with Crippen molar-refractivity contribution < 1.29 is 0 Å². The van der Waals surface area contributed by atoms with Gasteiger partial charge in [0.15, 0.2) is 11.2 Å². The summed E-state index contributed by atoms with van der Waals surface area (Å²) in [5, 5.41) is 0.526. The van der Waals surface area contributed by atoms with Crippen LogP contribution in [-0.2, 0) is 20.1 Å². The molecule has 0 spiro atoms. The fourth-order valence-electron chi connectivity index (χ4n) is 4.30. The SMILES string of the molecule is Cc1ccccc1N1CCCn2c1nc1c2c(=O)n(Cc2ccccc2Cl)c(=O)n1C. The topological polar surface area (TPSA) is 65.1 Å². The third-order valence-electron chi connectivity index (χ3n) is 5.91. The van der Waals surface area contributed by atoms with Crippen LogP contribution >= 0.6 is 11.6 Å². The summed E-state index contributed by atoms with van der Waals surface area (Å²) in [6.07, 6.45) is 0.875. The van der Waals surface area contributed by atoms with Crippen molar-refractivity contribution in [3.63, 3.8) is 0 Å². The van der Waals surface area contributed by atoms with Crippen LogP contribution in [0.5, 0.6) is 0 Å². The average molecular weight is 436 g/mol. The minimum absolute atomic E-state index is 0.114. The molecule has 2 aromatic heterocycles. The molecule has 0 fully saturated rings. The number of aryl methyl sites for hydroxylation is 3. The summed E-state index contributed by atoms with van der Waals surface area (Å²) in [6.45, 7) is 3.65. The molecule has 0 aliphatic carbocycles. The van der Waals surface area contributed by atoms with E-state index in [-0.39, 0.29) is 12.1 Å². The molecule has 0 radical (unpaired) electrons. The van der Waals surface area contributed by atoms with Gasteiger partial charge in [0.05, 0.1) is 6.54 Å². The molecule has 8 heteroatoms. The number of fused-ring (bicyclic) bond motifs is 3. The summed E-state index contributed by atoms with van der Waals surface area (Å²) < 4.78 is 4.64. The lowest BCUT2D eigenvalue weighted by molar-refractivity contribution is 0.597. The summed E-state index contributed by atoms with van der Waals surface area (Å²) in [4.78, 5) is 33.4. The zero-order valence-corrected chi connectivity index (χ0v) is 18.1. The van der Waals surface area contributed by atoms with Gasteiger partial charge < -0.3 is 9.47 Å². The molecule has 2 aromatic carbocycles. The molecule has 7 nitrogen and oxygen atoms in total. The molecular formula is C23H22ClN5O2. The zero-order chi connectivity index (χ0) is 21.7. The molecule has 0 saturated carbocycles. The minimum atomic E-state index is -0.407. The van der Waals surface area contributed by atoms with Crippen LogP contribution in [0.3, 0.4) is 0 Å². The van der Waals surface area contributed by atoms with E-state index in [4.69, 9.17) is 16.6 Å². The third kappa shape index (κ3) is 3.08. The predicted molar refractivity (Wildman–Crippen MR) is 123 cm³/mol. The number of aromatic nitrogens is 4. The van der Waals surface area contributed by atoms with E-state index >= 15 is 0 Å². The molecule has 0 atom stereocenters. The molecule has 0 unspecified atom stereocenters. The second-order valence-corrected chi connectivity index (χ2v) is 8.26. The fraction of sp³-hybridized carbons (Fsp3) is 0.261. The monoisotopic (exact) mass is 435 g/mol. The molecule has 1 aliphatic heterocycles. The zero-order valence-electron chi connectivity index (χ0n) is 17.4. The van der Waals surface area contributed by atoms with Gasteiger partial charge in [-0.05, 0) is 36.6 Å². The maximum atomic E-state index is 13.5. The van der Waals surface area contributed by atoms with Gasteiger partial charge in [0.1, 0.15) is 0 Å². The first-order valence-electron chi connectivity index (χ1n) is 10.2. The summed E-state index contributed by atoms with van der Waals surface area (Å²) >= 11 is 6.28. The Morgan fingerprint density at radius 1 is 1.03 bits per heavy atom. The smallest absolute Gasteiger partial charge is 0.312 e. The summed E-state index contributed by atoms with van der Waals surface area (Å²) in [5.74, 6) is 0.693. The molecular weight excluding hydrogens is 414 g/mol. The lowest BCUT2D eigenvalue weighted by Gasteiger charge is -2.30. The Morgan fingerprint density at radius 2 is 1.77 bits per heavy atom. The average Bonchev–Trinajstić information content (AvgIpc) is 3.17. The van der Waals surface area contributed by atoms with Crippen molar-refractivity contribution >= 4 is 34.4 Å². The largest absolute Gasteiger partial charge is 0.332 e. The first-order valence-corrected chi connectivity index (χ1v) is 10.6. The molecule has 158 valence electrons. The lowest BCUT2D eigenvalue weighted by atomic mass is 10.1. The minimum Gasteiger partial charge on any atom is -0.312 e. The molecule has 1 aliphatic rings. The fourth-order valence-corrected chi connectivity index (χ4v) is 4.49. The number of nitrogens with zero attached hydrogens (tertiary/aromatic N) is 5. The Bertz CT molecular complexity index is 1430. The van der Waals surface area contributed by atoms with Crippen LogP contribution in [0, 0.1) is 6.92 Å². The van der Waals surface area contributed by atoms with Crippen molar-refractivity contribution in [2.75, 3.05) is 11.4 Å². The Hall–Kier alpha value is -3.32.